The van der Waals surface area contributed by atoms with Crippen molar-refractivity contribution in [1.29, 1.82) is 0 Å². The minimum atomic E-state index is -0.720. The molecule has 3 N–H and O–H groups in total. The molecule has 2 heterocycles. The number of hydroxylamine groups is 1. The second kappa shape index (κ2) is 9.96. The molecule has 0 aromatic carbocycles. The maximum atomic E-state index is 11.7. The number of nitrogens with one attached hydrogen (secondary N) is 2. The molecule has 26 heavy (non-hydrogen) atoms. The molecule has 2 aliphatic heterocycles. The van der Waals surface area contributed by atoms with Crippen molar-refractivity contribution in [3.63, 3.8) is 0 Å². The fourth-order valence-corrected chi connectivity index (χ4v) is 3.66. The van der Waals surface area contributed by atoms with E-state index in [1.807, 2.05) is 13.8 Å². The summed E-state index contributed by atoms with van der Waals surface area (Å²) in [5.74, 6) is -1.19. The average Bonchev–Trinajstić information content (AvgIpc) is 3.07. The number of rotatable bonds is 11. The SMILES string of the molecule is CCCCCCCNC(CC(=O)NO)[C@H]1O[C@@H]2OC(C)(C)O[C@@H]2[C@H]1OC. The molecule has 0 aromatic heterocycles. The van der Waals surface area contributed by atoms with Gasteiger partial charge in [-0.25, -0.2) is 5.48 Å². The van der Waals surface area contributed by atoms with Crippen molar-refractivity contribution < 1.29 is 28.9 Å². The number of fused-ring (bicyclic) bond motifs is 1. The molecule has 2 rings (SSSR count). The smallest absolute Gasteiger partial charge is 0.245 e. The summed E-state index contributed by atoms with van der Waals surface area (Å²) in [6, 6.07) is -0.306. The number of methoxy groups -OCH3 is 1. The fraction of sp³-hybridized carbons (Fsp3) is 0.944. The van der Waals surface area contributed by atoms with Crippen molar-refractivity contribution in [2.45, 2.75) is 95.7 Å². The lowest BCUT2D eigenvalue weighted by molar-refractivity contribution is -0.220. The Morgan fingerprint density at radius 3 is 2.62 bits per heavy atom. The first-order valence-electron chi connectivity index (χ1n) is 9.62. The van der Waals surface area contributed by atoms with E-state index in [4.69, 9.17) is 24.2 Å². The highest BCUT2D eigenvalue weighted by molar-refractivity contribution is 5.75. The molecule has 2 aliphatic rings. The van der Waals surface area contributed by atoms with Crippen LogP contribution >= 0.6 is 0 Å². The van der Waals surface area contributed by atoms with E-state index in [9.17, 15) is 4.79 Å². The van der Waals surface area contributed by atoms with Crippen LogP contribution in [0.25, 0.3) is 0 Å². The second-order valence-corrected chi connectivity index (χ2v) is 7.48. The lowest BCUT2D eigenvalue weighted by Crippen LogP contribution is -2.50. The van der Waals surface area contributed by atoms with E-state index in [0.717, 1.165) is 19.4 Å². The highest BCUT2D eigenvalue weighted by Gasteiger charge is 2.56. The number of amides is 1. The van der Waals surface area contributed by atoms with E-state index in [-0.39, 0.29) is 24.7 Å². The molecule has 8 nitrogen and oxygen atoms in total. The average molecular weight is 374 g/mol. The monoisotopic (exact) mass is 374 g/mol. The summed E-state index contributed by atoms with van der Waals surface area (Å²) in [5, 5.41) is 12.3. The van der Waals surface area contributed by atoms with Gasteiger partial charge < -0.3 is 24.3 Å². The Labute approximate surface area is 155 Å². The lowest BCUT2D eigenvalue weighted by Gasteiger charge is -2.30. The third-order valence-corrected chi connectivity index (χ3v) is 4.91. The van der Waals surface area contributed by atoms with Gasteiger partial charge in [-0.2, -0.15) is 0 Å². The summed E-state index contributed by atoms with van der Waals surface area (Å²) in [7, 11) is 1.60. The lowest BCUT2D eigenvalue weighted by atomic mass is 10.00. The van der Waals surface area contributed by atoms with E-state index >= 15 is 0 Å². The van der Waals surface area contributed by atoms with Crippen LogP contribution in [0, 0.1) is 0 Å². The normalized spacial score (nSPS) is 31.0. The summed E-state index contributed by atoms with van der Waals surface area (Å²) in [5.41, 5.74) is 1.70. The van der Waals surface area contributed by atoms with Gasteiger partial charge in [0.1, 0.15) is 18.3 Å². The first-order valence-corrected chi connectivity index (χ1v) is 9.62. The summed E-state index contributed by atoms with van der Waals surface area (Å²) in [4.78, 5) is 11.7. The zero-order valence-corrected chi connectivity index (χ0v) is 16.3. The maximum absolute atomic E-state index is 11.7. The van der Waals surface area contributed by atoms with Gasteiger partial charge in [0.25, 0.3) is 0 Å². The van der Waals surface area contributed by atoms with Gasteiger partial charge in [0.15, 0.2) is 12.1 Å². The Hall–Kier alpha value is -0.770. The van der Waals surface area contributed by atoms with Crippen molar-refractivity contribution in [1.82, 2.24) is 10.8 Å². The maximum Gasteiger partial charge on any atom is 0.245 e. The number of carbonyl (C=O) groups is 1. The van der Waals surface area contributed by atoms with Crippen LogP contribution in [0.2, 0.25) is 0 Å². The highest BCUT2D eigenvalue weighted by Crippen LogP contribution is 2.39. The predicted molar refractivity (Wildman–Crippen MR) is 94.6 cm³/mol. The zero-order valence-electron chi connectivity index (χ0n) is 16.3. The summed E-state index contributed by atoms with van der Waals surface area (Å²) < 4.78 is 23.3. The van der Waals surface area contributed by atoms with Crippen LogP contribution < -0.4 is 10.8 Å². The molecule has 0 aliphatic carbocycles. The Balaban J connectivity index is 1.94. The number of hydrogen-bond acceptors (Lipinski definition) is 7. The molecule has 2 saturated heterocycles. The van der Waals surface area contributed by atoms with Crippen molar-refractivity contribution in [2.75, 3.05) is 13.7 Å². The Morgan fingerprint density at radius 2 is 1.96 bits per heavy atom. The summed E-state index contributed by atoms with van der Waals surface area (Å²) in [6.45, 7) is 6.63. The highest BCUT2D eigenvalue weighted by atomic mass is 16.8. The first-order chi connectivity index (χ1) is 12.4. The minimum absolute atomic E-state index is 0.0822. The first kappa shape index (κ1) is 21.5. The molecule has 5 atom stereocenters. The number of carbonyl (C=O) groups excluding carboxylic acids is 1. The second-order valence-electron chi connectivity index (χ2n) is 7.48. The molecule has 1 unspecified atom stereocenters. The summed E-state index contributed by atoms with van der Waals surface area (Å²) in [6.07, 6.45) is 4.28. The van der Waals surface area contributed by atoms with Crippen molar-refractivity contribution in [2.24, 2.45) is 0 Å². The molecule has 152 valence electrons. The van der Waals surface area contributed by atoms with Crippen LogP contribution in [-0.2, 0) is 23.7 Å². The number of hydrogen-bond donors (Lipinski definition) is 3. The van der Waals surface area contributed by atoms with Gasteiger partial charge in [-0.05, 0) is 26.8 Å². The minimum Gasteiger partial charge on any atom is -0.376 e. The largest absolute Gasteiger partial charge is 0.376 e. The van der Waals surface area contributed by atoms with E-state index < -0.39 is 24.1 Å². The molecule has 0 radical (unpaired) electrons. The Morgan fingerprint density at radius 1 is 1.23 bits per heavy atom. The van der Waals surface area contributed by atoms with Crippen LogP contribution in [0.5, 0.6) is 0 Å². The van der Waals surface area contributed by atoms with Crippen LogP contribution in [0.1, 0.15) is 59.3 Å². The van der Waals surface area contributed by atoms with Gasteiger partial charge >= 0.3 is 0 Å². The summed E-state index contributed by atoms with van der Waals surface area (Å²) >= 11 is 0. The zero-order chi connectivity index (χ0) is 19.2. The van der Waals surface area contributed by atoms with E-state index in [1.54, 1.807) is 12.6 Å². The fourth-order valence-electron chi connectivity index (χ4n) is 3.66. The van der Waals surface area contributed by atoms with Crippen molar-refractivity contribution in [3.05, 3.63) is 0 Å². The van der Waals surface area contributed by atoms with E-state index in [0.29, 0.717) is 0 Å². The Kier molecular flexibility index (Phi) is 8.25. The molecule has 0 bridgehead atoms. The van der Waals surface area contributed by atoms with Crippen LogP contribution in [-0.4, -0.2) is 61.2 Å². The van der Waals surface area contributed by atoms with Crippen LogP contribution in [0.4, 0.5) is 0 Å². The van der Waals surface area contributed by atoms with Gasteiger partial charge in [0.05, 0.1) is 0 Å². The molecular weight excluding hydrogens is 340 g/mol. The third-order valence-electron chi connectivity index (χ3n) is 4.91. The van der Waals surface area contributed by atoms with E-state index in [2.05, 4.69) is 12.2 Å². The van der Waals surface area contributed by atoms with Crippen LogP contribution in [0.15, 0.2) is 0 Å². The van der Waals surface area contributed by atoms with Gasteiger partial charge in [-0.3, -0.25) is 10.0 Å². The van der Waals surface area contributed by atoms with Gasteiger partial charge in [0, 0.05) is 19.6 Å². The van der Waals surface area contributed by atoms with Crippen LogP contribution in [0.3, 0.4) is 0 Å². The number of ether oxygens (including phenoxy) is 4. The molecule has 0 aromatic rings. The molecule has 2 fully saturated rings. The van der Waals surface area contributed by atoms with Gasteiger partial charge in [-0.1, -0.05) is 32.6 Å². The number of unbranched alkanes of at least 4 members (excludes halogenated alkanes) is 4. The van der Waals surface area contributed by atoms with Gasteiger partial charge in [-0.15, -0.1) is 0 Å². The predicted octanol–water partition coefficient (Wildman–Crippen LogP) is 1.70. The third kappa shape index (κ3) is 5.61. The van der Waals surface area contributed by atoms with Crippen molar-refractivity contribution >= 4 is 5.91 Å². The van der Waals surface area contributed by atoms with Gasteiger partial charge in [0.2, 0.25) is 5.91 Å². The molecule has 8 heteroatoms. The Bertz CT molecular complexity index is 447. The standard InChI is InChI=1S/C18H34N2O6/c1-5-6-7-8-9-10-19-12(11-13(21)20-22)14-15(23-4)16-17(24-14)26-18(2,3)25-16/h12,14-17,19,22H,5-11H2,1-4H3,(H,20,21)/t12?,14-,15+,16-,17-/m1/s1. The topological polar surface area (TPSA) is 98.3 Å². The quantitative estimate of drug-likeness (QED) is 0.288. The molecule has 0 spiro atoms. The van der Waals surface area contributed by atoms with E-state index in [1.165, 1.54) is 19.3 Å². The molecule has 1 amide bonds. The molecular formula is C18H34N2O6. The van der Waals surface area contributed by atoms with Crippen molar-refractivity contribution in [3.8, 4) is 0 Å². The molecule has 0 saturated carbocycles.